The van der Waals surface area contributed by atoms with E-state index >= 15 is 0 Å². The van der Waals surface area contributed by atoms with Crippen molar-refractivity contribution in [2.24, 2.45) is 0 Å². The summed E-state index contributed by atoms with van der Waals surface area (Å²) in [5.41, 5.74) is -0.0205. The van der Waals surface area contributed by atoms with E-state index in [0.29, 0.717) is 0 Å². The summed E-state index contributed by atoms with van der Waals surface area (Å²) in [6.45, 7) is -2.23. The van der Waals surface area contributed by atoms with Gasteiger partial charge in [0.25, 0.3) is 0 Å². The fourth-order valence-electron chi connectivity index (χ4n) is 1.43. The van der Waals surface area contributed by atoms with Gasteiger partial charge in [-0.25, -0.2) is 13.2 Å². The number of hydrogen-bond acceptors (Lipinski definition) is 3. The van der Waals surface area contributed by atoms with Crippen LogP contribution in [0.5, 0.6) is 5.75 Å². The Morgan fingerprint density at radius 1 is 1.30 bits per heavy atom. The molecule has 0 bridgehead atoms. The SMILES string of the molecule is COc1ccc(F)cc1C(O)COCC(F)(F)C(F)F. The number of alkyl halides is 4. The number of hydrogen-bond donors (Lipinski definition) is 1. The van der Waals surface area contributed by atoms with Gasteiger partial charge in [-0.1, -0.05) is 0 Å². The number of ether oxygens (including phenoxy) is 2. The van der Waals surface area contributed by atoms with Crippen LogP contribution in [-0.2, 0) is 4.74 Å². The lowest BCUT2D eigenvalue weighted by Crippen LogP contribution is -2.33. The summed E-state index contributed by atoms with van der Waals surface area (Å²) in [5.74, 6) is -4.84. The zero-order valence-electron chi connectivity index (χ0n) is 10.5. The Kier molecular flexibility index (Phi) is 5.70. The predicted octanol–water partition coefficient (Wildman–Crippen LogP) is 2.78. The van der Waals surface area contributed by atoms with Crippen molar-refractivity contribution in [2.75, 3.05) is 20.3 Å². The second kappa shape index (κ2) is 6.85. The van der Waals surface area contributed by atoms with Crippen molar-refractivity contribution in [3.8, 4) is 5.75 Å². The van der Waals surface area contributed by atoms with E-state index in [2.05, 4.69) is 4.74 Å². The number of methoxy groups -OCH3 is 1. The molecule has 8 heteroatoms. The highest BCUT2D eigenvalue weighted by Gasteiger charge is 2.41. The third kappa shape index (κ3) is 4.31. The molecule has 0 spiro atoms. The Hall–Kier alpha value is -1.41. The second-order valence-electron chi connectivity index (χ2n) is 3.98. The number of aliphatic hydroxyl groups excluding tert-OH is 1. The summed E-state index contributed by atoms with van der Waals surface area (Å²) >= 11 is 0. The van der Waals surface area contributed by atoms with E-state index in [1.165, 1.54) is 13.2 Å². The molecule has 0 aliphatic rings. The summed E-state index contributed by atoms with van der Waals surface area (Å²) < 4.78 is 71.1. The van der Waals surface area contributed by atoms with Gasteiger partial charge in [-0.2, -0.15) is 8.78 Å². The van der Waals surface area contributed by atoms with Crippen LogP contribution in [0.25, 0.3) is 0 Å². The zero-order chi connectivity index (χ0) is 15.3. The molecule has 0 heterocycles. The van der Waals surface area contributed by atoms with Crippen LogP contribution in [0.3, 0.4) is 0 Å². The third-order valence-electron chi connectivity index (χ3n) is 2.44. The van der Waals surface area contributed by atoms with Crippen LogP contribution in [0, 0.1) is 5.82 Å². The molecule has 1 rings (SSSR count). The Balaban J connectivity index is 2.63. The normalized spacial score (nSPS) is 13.6. The molecule has 0 amide bonds. The maximum atomic E-state index is 13.0. The molecular formula is C12H13F5O3. The van der Waals surface area contributed by atoms with Gasteiger partial charge in [0.05, 0.1) is 13.7 Å². The van der Waals surface area contributed by atoms with Gasteiger partial charge in [0.2, 0.25) is 0 Å². The molecule has 0 fully saturated rings. The van der Waals surface area contributed by atoms with Gasteiger partial charge >= 0.3 is 12.3 Å². The molecule has 1 aromatic carbocycles. The highest BCUT2D eigenvalue weighted by Crippen LogP contribution is 2.27. The Bertz CT molecular complexity index is 439. The second-order valence-corrected chi connectivity index (χ2v) is 3.98. The van der Waals surface area contributed by atoms with Crippen molar-refractivity contribution in [1.82, 2.24) is 0 Å². The minimum absolute atomic E-state index is 0.0205. The molecule has 114 valence electrons. The summed E-state index contributed by atoms with van der Waals surface area (Å²) in [6, 6.07) is 3.26. The lowest BCUT2D eigenvalue weighted by molar-refractivity contribution is -0.170. The van der Waals surface area contributed by atoms with E-state index in [0.717, 1.165) is 12.1 Å². The van der Waals surface area contributed by atoms with Crippen LogP contribution in [0.1, 0.15) is 11.7 Å². The smallest absolute Gasteiger partial charge is 0.330 e. The molecular weight excluding hydrogens is 287 g/mol. The van der Waals surface area contributed by atoms with Crippen molar-refractivity contribution in [3.63, 3.8) is 0 Å². The molecule has 1 aromatic rings. The molecule has 0 aromatic heterocycles. The lowest BCUT2D eigenvalue weighted by Gasteiger charge is -2.18. The number of aliphatic hydroxyl groups is 1. The highest BCUT2D eigenvalue weighted by atomic mass is 19.3. The van der Waals surface area contributed by atoms with E-state index in [4.69, 9.17) is 4.74 Å². The molecule has 1 atom stereocenters. The molecule has 1 N–H and O–H groups in total. The number of halogens is 5. The lowest BCUT2D eigenvalue weighted by atomic mass is 10.1. The molecule has 0 aliphatic heterocycles. The molecule has 0 saturated carbocycles. The average Bonchev–Trinajstić information content (AvgIpc) is 2.38. The molecule has 0 saturated heterocycles. The standard InChI is InChI=1S/C12H13F5O3/c1-19-10-3-2-7(13)4-8(10)9(18)5-20-6-12(16,17)11(14)15/h2-4,9,11,18H,5-6H2,1H3. The topological polar surface area (TPSA) is 38.7 Å². The van der Waals surface area contributed by atoms with E-state index < -0.39 is 37.5 Å². The summed E-state index contributed by atoms with van der Waals surface area (Å²) in [6.07, 6.45) is -5.34. The van der Waals surface area contributed by atoms with Gasteiger partial charge in [-0.15, -0.1) is 0 Å². The van der Waals surface area contributed by atoms with Gasteiger partial charge in [-0.05, 0) is 18.2 Å². The van der Waals surface area contributed by atoms with E-state index in [9.17, 15) is 27.1 Å². The van der Waals surface area contributed by atoms with Crippen molar-refractivity contribution >= 4 is 0 Å². The number of rotatable bonds is 7. The largest absolute Gasteiger partial charge is 0.496 e. The van der Waals surface area contributed by atoms with E-state index in [1.54, 1.807) is 0 Å². The molecule has 0 aliphatic carbocycles. The van der Waals surface area contributed by atoms with Crippen LogP contribution in [-0.4, -0.2) is 37.8 Å². The summed E-state index contributed by atoms with van der Waals surface area (Å²) in [7, 11) is 1.27. The van der Waals surface area contributed by atoms with Crippen LogP contribution in [0.4, 0.5) is 22.0 Å². The van der Waals surface area contributed by atoms with Gasteiger partial charge in [-0.3, -0.25) is 0 Å². The Morgan fingerprint density at radius 3 is 2.50 bits per heavy atom. The van der Waals surface area contributed by atoms with Gasteiger partial charge in [0, 0.05) is 5.56 Å². The van der Waals surface area contributed by atoms with Gasteiger partial charge < -0.3 is 14.6 Å². The van der Waals surface area contributed by atoms with E-state index in [-0.39, 0.29) is 11.3 Å². The maximum absolute atomic E-state index is 13.0. The van der Waals surface area contributed by atoms with E-state index in [1.807, 2.05) is 0 Å². The average molecular weight is 300 g/mol. The minimum atomic E-state index is -4.30. The van der Waals surface area contributed by atoms with Gasteiger partial charge in [0.1, 0.15) is 24.3 Å². The maximum Gasteiger partial charge on any atom is 0.330 e. The monoisotopic (exact) mass is 300 g/mol. The first kappa shape index (κ1) is 16.6. The Morgan fingerprint density at radius 2 is 1.95 bits per heavy atom. The van der Waals surface area contributed by atoms with Crippen molar-refractivity contribution < 1.29 is 36.5 Å². The number of benzene rings is 1. The predicted molar refractivity (Wildman–Crippen MR) is 59.7 cm³/mol. The quantitative estimate of drug-likeness (QED) is 0.787. The third-order valence-corrected chi connectivity index (χ3v) is 2.44. The fourth-order valence-corrected chi connectivity index (χ4v) is 1.43. The van der Waals surface area contributed by atoms with Crippen LogP contribution < -0.4 is 4.74 Å². The van der Waals surface area contributed by atoms with Gasteiger partial charge in [0.15, 0.2) is 0 Å². The van der Waals surface area contributed by atoms with Crippen molar-refractivity contribution in [1.29, 1.82) is 0 Å². The molecule has 3 nitrogen and oxygen atoms in total. The molecule has 0 radical (unpaired) electrons. The van der Waals surface area contributed by atoms with Crippen LogP contribution in [0.2, 0.25) is 0 Å². The first-order valence-corrected chi connectivity index (χ1v) is 5.53. The highest BCUT2D eigenvalue weighted by molar-refractivity contribution is 5.35. The summed E-state index contributed by atoms with van der Waals surface area (Å²) in [5, 5.41) is 9.69. The van der Waals surface area contributed by atoms with Crippen molar-refractivity contribution in [3.05, 3.63) is 29.6 Å². The first-order chi connectivity index (χ1) is 9.27. The first-order valence-electron chi connectivity index (χ1n) is 5.53. The summed E-state index contributed by atoms with van der Waals surface area (Å²) in [4.78, 5) is 0. The zero-order valence-corrected chi connectivity index (χ0v) is 10.5. The molecule has 20 heavy (non-hydrogen) atoms. The Labute approximate surface area is 111 Å². The van der Waals surface area contributed by atoms with Crippen LogP contribution >= 0.6 is 0 Å². The van der Waals surface area contributed by atoms with Crippen LogP contribution in [0.15, 0.2) is 18.2 Å². The molecule has 1 unspecified atom stereocenters. The fraction of sp³-hybridized carbons (Fsp3) is 0.500. The minimum Gasteiger partial charge on any atom is -0.496 e. The van der Waals surface area contributed by atoms with Crippen molar-refractivity contribution in [2.45, 2.75) is 18.5 Å².